The second kappa shape index (κ2) is 89.4. The summed E-state index contributed by atoms with van der Waals surface area (Å²) < 4.78 is 35.2. The van der Waals surface area contributed by atoms with Crippen molar-refractivity contribution in [1.29, 1.82) is 0 Å². The predicted octanol–water partition coefficient (Wildman–Crippen LogP) is 25.9. The number of hydrogen-bond donors (Lipinski definition) is 1. The highest BCUT2D eigenvalue weighted by Gasteiger charge is 2.19. The predicted molar refractivity (Wildman–Crippen MR) is 473 cm³/mol. The maximum absolute atomic E-state index is 13.4. The molecule has 0 aromatic carbocycles. The highest BCUT2D eigenvalue weighted by molar-refractivity contribution is 5.71. The highest BCUT2D eigenvalue weighted by atomic mass is 16.6. The lowest BCUT2D eigenvalue weighted by atomic mass is 10.0. The van der Waals surface area contributed by atoms with Crippen LogP contribution in [0.25, 0.3) is 0 Å². The van der Waals surface area contributed by atoms with E-state index in [1.165, 1.54) is 218 Å². The van der Waals surface area contributed by atoms with Gasteiger partial charge in [-0.25, -0.2) is 0 Å². The lowest BCUT2D eigenvalue weighted by Crippen LogP contribution is -2.33. The Bertz CT molecular complexity index is 1880. The number of nitrogens with zero attached hydrogens (tertiary/aromatic N) is 3. The smallest absolute Gasteiger partial charge is 0.307 e. The van der Waals surface area contributed by atoms with Crippen LogP contribution in [0.15, 0.2) is 0 Å². The molecule has 0 saturated heterocycles. The second-order valence-electron chi connectivity index (χ2n) is 33.7. The van der Waals surface area contributed by atoms with Crippen molar-refractivity contribution in [3.8, 4) is 0 Å². The molecule has 16 nitrogen and oxygen atoms in total. The minimum Gasteiger partial charge on any atom is -0.466 e. The van der Waals surface area contributed by atoms with Gasteiger partial charge in [0.05, 0.1) is 26.1 Å². The van der Waals surface area contributed by atoms with Crippen LogP contribution in [0.4, 0.5) is 0 Å². The van der Waals surface area contributed by atoms with Crippen LogP contribution >= 0.6 is 0 Å². The van der Waals surface area contributed by atoms with E-state index in [1.807, 2.05) is 4.90 Å². The van der Waals surface area contributed by atoms with Gasteiger partial charge in [-0.05, 0) is 148 Å². The van der Waals surface area contributed by atoms with Gasteiger partial charge in [-0.1, -0.05) is 324 Å². The quantitative estimate of drug-likeness (QED) is 0.0344. The Morgan fingerprint density at radius 1 is 0.204 bits per heavy atom. The lowest BCUT2D eigenvalue weighted by molar-refractivity contribution is -0.151. The van der Waals surface area contributed by atoms with Gasteiger partial charge in [-0.3, -0.25) is 38.6 Å². The van der Waals surface area contributed by atoms with E-state index in [0.29, 0.717) is 78.0 Å². The average Bonchev–Trinajstić information content (AvgIpc) is 3.46. The molecular formula is C97H187N3O13. The van der Waals surface area contributed by atoms with Crippen LogP contribution in [0.2, 0.25) is 0 Å². The fourth-order valence-corrected chi connectivity index (χ4v) is 15.3. The molecule has 0 atom stereocenters. The zero-order chi connectivity index (χ0) is 82.3. The summed E-state index contributed by atoms with van der Waals surface area (Å²) in [6, 6.07) is 0. The number of rotatable bonds is 93. The summed E-state index contributed by atoms with van der Waals surface area (Å²) in [5.41, 5.74) is 0. The molecule has 668 valence electrons. The van der Waals surface area contributed by atoms with Crippen LogP contribution in [-0.2, 0) is 57.2 Å². The molecular weight excluding hydrogens is 1420 g/mol. The van der Waals surface area contributed by atoms with E-state index in [1.54, 1.807) is 0 Å². The molecule has 0 fully saturated rings. The number of ether oxygens (including phenoxy) is 6. The van der Waals surface area contributed by atoms with Crippen molar-refractivity contribution in [2.75, 3.05) is 91.9 Å². The number of aliphatic hydroxyl groups is 1. The summed E-state index contributed by atoms with van der Waals surface area (Å²) in [7, 11) is 0. The van der Waals surface area contributed by atoms with Gasteiger partial charge in [0.1, 0.15) is 25.4 Å². The number of carbonyl (C=O) groups excluding carboxylic acids is 6. The van der Waals surface area contributed by atoms with Crippen LogP contribution < -0.4 is 0 Å². The Morgan fingerprint density at radius 3 is 0.690 bits per heavy atom. The summed E-state index contributed by atoms with van der Waals surface area (Å²) in [5.74, 6) is -0.861. The van der Waals surface area contributed by atoms with Crippen LogP contribution in [0.3, 0.4) is 0 Å². The molecule has 0 aliphatic carbocycles. The van der Waals surface area contributed by atoms with E-state index in [0.717, 1.165) is 206 Å². The van der Waals surface area contributed by atoms with Crippen LogP contribution in [0, 0.1) is 0 Å². The summed E-state index contributed by atoms with van der Waals surface area (Å²) in [6.45, 7) is 21.1. The van der Waals surface area contributed by atoms with Gasteiger partial charge in [0.25, 0.3) is 0 Å². The molecule has 0 aromatic heterocycles. The fourth-order valence-electron chi connectivity index (χ4n) is 15.3. The topological polar surface area (TPSA) is 188 Å². The van der Waals surface area contributed by atoms with E-state index in [4.69, 9.17) is 28.4 Å². The summed E-state index contributed by atoms with van der Waals surface area (Å²) in [4.78, 5) is 85.0. The van der Waals surface area contributed by atoms with E-state index >= 15 is 0 Å². The molecule has 0 saturated carbocycles. The summed E-state index contributed by atoms with van der Waals surface area (Å²) in [5, 5.41) is 9.81. The molecule has 0 bridgehead atoms. The van der Waals surface area contributed by atoms with Gasteiger partial charge in [-0.2, -0.15) is 0 Å². The van der Waals surface area contributed by atoms with E-state index < -0.39 is 0 Å². The monoisotopic (exact) mass is 1600 g/mol. The first-order chi connectivity index (χ1) is 55.4. The zero-order valence-corrected chi connectivity index (χ0v) is 75.5. The summed E-state index contributed by atoms with van der Waals surface area (Å²) in [6.07, 6.45) is 73.8. The normalized spacial score (nSPS) is 11.7. The van der Waals surface area contributed by atoms with E-state index in [9.17, 15) is 33.9 Å². The minimum atomic E-state index is -0.289. The minimum absolute atomic E-state index is 0.00562. The van der Waals surface area contributed by atoms with Crippen molar-refractivity contribution >= 4 is 35.8 Å². The maximum Gasteiger partial charge on any atom is 0.307 e. The standard InChI is InChI=1S/C97H187N3O13/c1-7-13-19-25-31-33-35-47-63-86-108-92(102)70-57-49-61-78-98(76-59-45-37-43-55-72-96(106)112-90(66-51-39-27-21-15-9-3)67-52-40-28-22-16-10-4)83-88-110-94(104)74-81-100(80-65-85-101)82-75-95(105)111-89-84-99(79-62-50-58-71-93(103)109-87-64-48-36-34-32-26-20-14-8-2)77-60-46-38-44-56-73-97(107)113-91(68-53-41-29-23-17-11-5)69-54-42-30-24-18-12-6/h90-91,101H,7-89H2,1-6H3. The molecule has 0 aliphatic heterocycles. The van der Waals surface area contributed by atoms with E-state index in [2.05, 4.69) is 51.3 Å². The molecule has 0 unspecified atom stereocenters. The molecule has 0 aromatic rings. The third-order valence-corrected chi connectivity index (χ3v) is 22.8. The SMILES string of the molecule is CCCCCCCCCCCOC(=O)CCCCCN(CCCCCCCC(=O)OC(CCCCCCCC)CCCCCCCC)CCOC(=O)CCN(CCCO)CCC(=O)OCCN(CCCCCCCC(=O)OC(CCCCCCCC)CCCCCCCC)CCCCCC(=O)OCCCCCCCCCCC. The van der Waals surface area contributed by atoms with Crippen molar-refractivity contribution in [3.05, 3.63) is 0 Å². The van der Waals surface area contributed by atoms with Gasteiger partial charge < -0.3 is 38.4 Å². The maximum atomic E-state index is 13.4. The van der Waals surface area contributed by atoms with Crippen molar-refractivity contribution in [3.63, 3.8) is 0 Å². The molecule has 0 aliphatic rings. The van der Waals surface area contributed by atoms with Crippen molar-refractivity contribution in [2.24, 2.45) is 0 Å². The third kappa shape index (κ3) is 82.2. The Labute approximate surface area is 697 Å². The van der Waals surface area contributed by atoms with Gasteiger partial charge >= 0.3 is 35.8 Å². The first-order valence-electron chi connectivity index (χ1n) is 49.2. The number of carbonyl (C=O) groups is 6. The highest BCUT2D eigenvalue weighted by Crippen LogP contribution is 2.22. The van der Waals surface area contributed by atoms with Crippen LogP contribution in [0.5, 0.6) is 0 Å². The first-order valence-corrected chi connectivity index (χ1v) is 49.2. The Morgan fingerprint density at radius 2 is 0.407 bits per heavy atom. The Kier molecular flexibility index (Phi) is 86.8. The van der Waals surface area contributed by atoms with Gasteiger partial charge in [0.2, 0.25) is 0 Å². The largest absolute Gasteiger partial charge is 0.466 e. The molecule has 113 heavy (non-hydrogen) atoms. The summed E-state index contributed by atoms with van der Waals surface area (Å²) >= 11 is 0. The Balaban J connectivity index is 5.51. The number of aliphatic hydroxyl groups excluding tert-OH is 1. The van der Waals surface area contributed by atoms with Gasteiger partial charge in [0, 0.05) is 65.0 Å². The molecule has 0 radical (unpaired) electrons. The van der Waals surface area contributed by atoms with Crippen molar-refractivity contribution in [1.82, 2.24) is 14.7 Å². The van der Waals surface area contributed by atoms with Crippen LogP contribution in [-0.4, -0.2) is 160 Å². The van der Waals surface area contributed by atoms with Crippen LogP contribution in [0.1, 0.15) is 485 Å². The van der Waals surface area contributed by atoms with E-state index in [-0.39, 0.29) is 80.7 Å². The van der Waals surface area contributed by atoms with Crippen molar-refractivity contribution < 1.29 is 62.3 Å². The second-order valence-corrected chi connectivity index (χ2v) is 33.7. The molecule has 0 spiro atoms. The molecule has 0 rings (SSSR count). The molecule has 0 heterocycles. The number of hydrogen-bond acceptors (Lipinski definition) is 16. The van der Waals surface area contributed by atoms with Gasteiger partial charge in [0.15, 0.2) is 0 Å². The first kappa shape index (κ1) is 110. The molecule has 1 N–H and O–H groups in total. The van der Waals surface area contributed by atoms with Gasteiger partial charge in [-0.15, -0.1) is 0 Å². The number of unbranched alkanes of at least 4 members (excludes halogenated alkanes) is 48. The molecule has 0 amide bonds. The Hall–Kier alpha value is -3.34. The lowest BCUT2D eigenvalue weighted by Gasteiger charge is -2.23. The number of esters is 6. The fraction of sp³-hybridized carbons (Fsp3) is 0.938. The van der Waals surface area contributed by atoms with Crippen molar-refractivity contribution in [2.45, 2.75) is 497 Å². The zero-order valence-electron chi connectivity index (χ0n) is 75.5. The third-order valence-electron chi connectivity index (χ3n) is 22.8. The molecule has 16 heteroatoms. The average molecular weight is 1600 g/mol.